The smallest absolute Gasteiger partial charge is 0.323 e. The quantitative estimate of drug-likeness (QED) is 0.549. The average Bonchev–Trinajstić information content (AvgIpc) is 2.68. The largest absolute Gasteiger partial charge is 0.482 e. The van der Waals surface area contributed by atoms with E-state index in [1.165, 1.54) is 0 Å². The molecule has 3 N–H and O–H groups in total. The molecule has 0 fully saturated rings. The van der Waals surface area contributed by atoms with Gasteiger partial charge in [0, 0.05) is 17.1 Å². The zero-order valence-corrected chi connectivity index (χ0v) is 15.6. The third kappa shape index (κ3) is 5.75. The highest BCUT2D eigenvalue weighted by molar-refractivity contribution is 6.32. The van der Waals surface area contributed by atoms with E-state index in [0.29, 0.717) is 27.8 Å². The number of ether oxygens (including phenoxy) is 1. The number of carbonyl (C=O) groups excluding carboxylic acids is 2. The van der Waals surface area contributed by atoms with Crippen LogP contribution in [0.4, 0.5) is 21.9 Å². The molecule has 0 aromatic heterocycles. The molecule has 0 heterocycles. The number of urea groups is 1. The van der Waals surface area contributed by atoms with E-state index in [9.17, 15) is 9.59 Å². The first kappa shape index (κ1) is 19.3. The molecule has 0 unspecified atom stereocenters. The molecule has 3 amide bonds. The Morgan fingerprint density at radius 2 is 1.36 bits per heavy atom. The van der Waals surface area contributed by atoms with Crippen LogP contribution in [0.25, 0.3) is 0 Å². The van der Waals surface area contributed by atoms with Crippen LogP contribution >= 0.6 is 11.6 Å². The van der Waals surface area contributed by atoms with Crippen LogP contribution in [0.15, 0.2) is 78.9 Å². The van der Waals surface area contributed by atoms with Gasteiger partial charge in [-0.05, 0) is 42.5 Å². The summed E-state index contributed by atoms with van der Waals surface area (Å²) >= 11 is 5.99. The van der Waals surface area contributed by atoms with Crippen molar-refractivity contribution in [2.24, 2.45) is 0 Å². The van der Waals surface area contributed by atoms with Gasteiger partial charge in [-0.25, -0.2) is 4.79 Å². The summed E-state index contributed by atoms with van der Waals surface area (Å²) in [5.41, 5.74) is 1.75. The highest BCUT2D eigenvalue weighted by atomic mass is 35.5. The lowest BCUT2D eigenvalue weighted by atomic mass is 10.2. The molecule has 28 heavy (non-hydrogen) atoms. The van der Waals surface area contributed by atoms with E-state index in [1.54, 1.807) is 60.7 Å². The molecule has 6 nitrogen and oxygen atoms in total. The van der Waals surface area contributed by atoms with Crippen LogP contribution < -0.4 is 20.7 Å². The van der Waals surface area contributed by atoms with Gasteiger partial charge in [-0.2, -0.15) is 0 Å². The number of para-hydroxylation sites is 2. The van der Waals surface area contributed by atoms with E-state index in [2.05, 4.69) is 16.0 Å². The first-order chi connectivity index (χ1) is 13.6. The number of anilines is 3. The number of hydrogen-bond acceptors (Lipinski definition) is 3. The van der Waals surface area contributed by atoms with Gasteiger partial charge in [-0.3, -0.25) is 4.79 Å². The van der Waals surface area contributed by atoms with Crippen LogP contribution in [0.1, 0.15) is 0 Å². The summed E-state index contributed by atoms with van der Waals surface area (Å²) in [4.78, 5) is 24.2. The Kier molecular flexibility index (Phi) is 6.49. The molecule has 0 aliphatic rings. The van der Waals surface area contributed by atoms with E-state index in [-0.39, 0.29) is 18.5 Å². The average molecular weight is 396 g/mol. The SMILES string of the molecule is O=C(COc1ccccc1Cl)Nc1cccc(NC(=O)Nc2ccccc2)c1. The summed E-state index contributed by atoms with van der Waals surface area (Å²) in [7, 11) is 0. The molecule has 0 radical (unpaired) electrons. The van der Waals surface area contributed by atoms with Gasteiger partial charge in [0.15, 0.2) is 6.61 Å². The summed E-state index contributed by atoms with van der Waals surface area (Å²) < 4.78 is 5.41. The Morgan fingerprint density at radius 1 is 0.750 bits per heavy atom. The van der Waals surface area contributed by atoms with E-state index < -0.39 is 0 Å². The molecular formula is C21H18ClN3O3. The lowest BCUT2D eigenvalue weighted by Gasteiger charge is -2.11. The molecule has 0 saturated carbocycles. The number of hydrogen-bond donors (Lipinski definition) is 3. The molecule has 7 heteroatoms. The minimum absolute atomic E-state index is 0.185. The summed E-state index contributed by atoms with van der Waals surface area (Å²) in [5, 5.41) is 8.60. The van der Waals surface area contributed by atoms with Gasteiger partial charge in [-0.15, -0.1) is 0 Å². The van der Waals surface area contributed by atoms with Crippen molar-refractivity contribution in [3.8, 4) is 5.75 Å². The Balaban J connectivity index is 1.53. The molecule has 3 rings (SSSR count). The number of carbonyl (C=O) groups is 2. The molecule has 3 aromatic rings. The maximum atomic E-state index is 12.1. The van der Waals surface area contributed by atoms with Gasteiger partial charge >= 0.3 is 6.03 Å². The lowest BCUT2D eigenvalue weighted by molar-refractivity contribution is -0.118. The van der Waals surface area contributed by atoms with E-state index >= 15 is 0 Å². The third-order valence-electron chi connectivity index (χ3n) is 3.63. The van der Waals surface area contributed by atoms with Gasteiger partial charge in [0.1, 0.15) is 5.75 Å². The van der Waals surface area contributed by atoms with Crippen LogP contribution in [0, 0.1) is 0 Å². The monoisotopic (exact) mass is 395 g/mol. The minimum Gasteiger partial charge on any atom is -0.482 e. The number of halogens is 1. The minimum atomic E-state index is -0.378. The standard InChI is InChI=1S/C21H18ClN3O3/c22-18-11-4-5-12-19(18)28-14-20(26)23-16-9-6-10-17(13-16)25-21(27)24-15-7-2-1-3-8-15/h1-13H,14H2,(H,23,26)(H2,24,25,27). The van der Waals surface area contributed by atoms with Crippen LogP contribution in [-0.2, 0) is 4.79 Å². The van der Waals surface area contributed by atoms with Crippen LogP contribution in [0.3, 0.4) is 0 Å². The first-order valence-corrected chi connectivity index (χ1v) is 8.88. The predicted molar refractivity (Wildman–Crippen MR) is 111 cm³/mol. The predicted octanol–water partition coefficient (Wildman–Crippen LogP) is 5.00. The van der Waals surface area contributed by atoms with Gasteiger partial charge < -0.3 is 20.7 Å². The Hall–Kier alpha value is -3.51. The number of amides is 3. The van der Waals surface area contributed by atoms with Crippen LogP contribution in [0.2, 0.25) is 5.02 Å². The van der Waals surface area contributed by atoms with E-state index in [0.717, 1.165) is 0 Å². The lowest BCUT2D eigenvalue weighted by Crippen LogP contribution is -2.21. The van der Waals surface area contributed by atoms with Gasteiger partial charge in [0.2, 0.25) is 0 Å². The molecule has 142 valence electrons. The second-order valence-electron chi connectivity index (χ2n) is 5.79. The molecule has 0 saturated heterocycles. The maximum absolute atomic E-state index is 12.1. The Labute approximate surface area is 167 Å². The second kappa shape index (κ2) is 9.43. The summed E-state index contributed by atoms with van der Waals surface area (Å²) in [5.74, 6) is 0.0955. The number of rotatable bonds is 6. The zero-order valence-electron chi connectivity index (χ0n) is 14.8. The van der Waals surface area contributed by atoms with Gasteiger partial charge in [0.05, 0.1) is 5.02 Å². The summed E-state index contributed by atoms with van der Waals surface area (Å²) in [6.07, 6.45) is 0. The highest BCUT2D eigenvalue weighted by Gasteiger charge is 2.07. The van der Waals surface area contributed by atoms with Crippen molar-refractivity contribution in [1.82, 2.24) is 0 Å². The van der Waals surface area contributed by atoms with Crippen LogP contribution in [-0.4, -0.2) is 18.5 Å². The zero-order chi connectivity index (χ0) is 19.8. The first-order valence-electron chi connectivity index (χ1n) is 8.50. The molecule has 0 aliphatic heterocycles. The fourth-order valence-electron chi connectivity index (χ4n) is 2.39. The topological polar surface area (TPSA) is 79.5 Å². The van der Waals surface area contributed by atoms with Crippen molar-refractivity contribution in [2.45, 2.75) is 0 Å². The van der Waals surface area contributed by atoms with Crippen molar-refractivity contribution < 1.29 is 14.3 Å². The normalized spacial score (nSPS) is 10.0. The maximum Gasteiger partial charge on any atom is 0.323 e. The van der Waals surface area contributed by atoms with Crippen molar-refractivity contribution in [3.63, 3.8) is 0 Å². The molecule has 0 atom stereocenters. The fourth-order valence-corrected chi connectivity index (χ4v) is 2.58. The fraction of sp³-hybridized carbons (Fsp3) is 0.0476. The molecule has 0 aliphatic carbocycles. The number of benzene rings is 3. The molecule has 0 spiro atoms. The van der Waals surface area contributed by atoms with Crippen molar-refractivity contribution in [2.75, 3.05) is 22.6 Å². The third-order valence-corrected chi connectivity index (χ3v) is 3.94. The van der Waals surface area contributed by atoms with Crippen molar-refractivity contribution >= 4 is 40.6 Å². The van der Waals surface area contributed by atoms with Crippen molar-refractivity contribution in [1.29, 1.82) is 0 Å². The van der Waals surface area contributed by atoms with Gasteiger partial charge in [0.25, 0.3) is 5.91 Å². The highest BCUT2D eigenvalue weighted by Crippen LogP contribution is 2.23. The number of nitrogens with one attached hydrogen (secondary N) is 3. The van der Waals surface area contributed by atoms with E-state index in [1.807, 2.05) is 18.2 Å². The molecular weight excluding hydrogens is 378 g/mol. The van der Waals surface area contributed by atoms with E-state index in [4.69, 9.17) is 16.3 Å². The van der Waals surface area contributed by atoms with Gasteiger partial charge in [-0.1, -0.05) is 48.0 Å². The Morgan fingerprint density at radius 3 is 2.11 bits per heavy atom. The molecule has 3 aromatic carbocycles. The molecule has 0 bridgehead atoms. The summed E-state index contributed by atoms with van der Waals surface area (Å²) in [6, 6.07) is 22.5. The van der Waals surface area contributed by atoms with Crippen LogP contribution in [0.5, 0.6) is 5.75 Å². The Bertz CT molecular complexity index is 964. The second-order valence-corrected chi connectivity index (χ2v) is 6.20. The summed E-state index contributed by atoms with van der Waals surface area (Å²) in [6.45, 7) is -0.185. The van der Waals surface area contributed by atoms with Crippen molar-refractivity contribution in [3.05, 3.63) is 83.9 Å².